The molecule has 3 N–H and O–H groups in total. The van der Waals surface area contributed by atoms with E-state index in [1.54, 1.807) is 12.3 Å². The molecular formula is C26H27N3O5S. The van der Waals surface area contributed by atoms with Crippen molar-refractivity contribution in [3.8, 4) is 11.1 Å². The van der Waals surface area contributed by atoms with E-state index in [4.69, 9.17) is 4.74 Å². The summed E-state index contributed by atoms with van der Waals surface area (Å²) in [6.07, 6.45) is 0.382. The van der Waals surface area contributed by atoms with Gasteiger partial charge in [0, 0.05) is 11.3 Å². The molecule has 1 aliphatic carbocycles. The number of nitrogens with zero attached hydrogens (tertiary/aromatic N) is 1. The highest BCUT2D eigenvalue weighted by molar-refractivity contribution is 7.09. The zero-order valence-electron chi connectivity index (χ0n) is 19.5. The van der Waals surface area contributed by atoms with E-state index in [0.29, 0.717) is 17.8 Å². The van der Waals surface area contributed by atoms with Gasteiger partial charge in [0.15, 0.2) is 0 Å². The maximum absolute atomic E-state index is 12.5. The Kier molecular flexibility index (Phi) is 7.45. The largest absolute Gasteiger partial charge is 0.480 e. The first-order valence-electron chi connectivity index (χ1n) is 11.5. The number of alkyl carbamates (subject to hydrolysis) is 1. The van der Waals surface area contributed by atoms with Crippen LogP contribution in [0.4, 0.5) is 4.79 Å². The first-order valence-corrected chi connectivity index (χ1v) is 12.4. The number of benzene rings is 2. The van der Waals surface area contributed by atoms with Gasteiger partial charge in [0.25, 0.3) is 5.91 Å². The number of carboxylic acid groups (broad SMARTS) is 1. The fourth-order valence-corrected chi connectivity index (χ4v) is 5.05. The third-order valence-electron chi connectivity index (χ3n) is 5.98. The highest BCUT2D eigenvalue weighted by atomic mass is 32.1. The standard InChI is InChI=1S/C26H27N3O5S/c1-3-8-21(25(31)32)28-23(30)22-14-35-24(29-22)15(2)27-26(33)34-13-20-18-11-6-4-9-16(18)17-10-5-7-12-19(17)20/h4-7,9-12,14-15,20-21H,3,8,13H2,1-2H3,(H,27,33)(H,28,30)(H,31,32)/t15?,21-/m1/s1. The average Bonchev–Trinajstić information content (AvgIpc) is 3.46. The summed E-state index contributed by atoms with van der Waals surface area (Å²) in [6.45, 7) is 3.80. The van der Waals surface area contributed by atoms with Gasteiger partial charge in [-0.05, 0) is 35.6 Å². The van der Waals surface area contributed by atoms with Crippen LogP contribution in [0.3, 0.4) is 0 Å². The van der Waals surface area contributed by atoms with E-state index in [2.05, 4.69) is 39.9 Å². The van der Waals surface area contributed by atoms with Gasteiger partial charge in [0.05, 0.1) is 6.04 Å². The highest BCUT2D eigenvalue weighted by Crippen LogP contribution is 2.44. The molecule has 1 aromatic heterocycles. The lowest BCUT2D eigenvalue weighted by molar-refractivity contribution is -0.139. The molecule has 4 rings (SSSR count). The number of thiazole rings is 1. The van der Waals surface area contributed by atoms with E-state index < -0.39 is 30.1 Å². The summed E-state index contributed by atoms with van der Waals surface area (Å²) in [5.74, 6) is -1.67. The normalized spacial score (nSPS) is 13.9. The van der Waals surface area contributed by atoms with Crippen molar-refractivity contribution in [1.29, 1.82) is 0 Å². The molecule has 0 aliphatic heterocycles. The van der Waals surface area contributed by atoms with Gasteiger partial charge in [-0.1, -0.05) is 61.9 Å². The second-order valence-corrected chi connectivity index (χ2v) is 9.31. The number of carboxylic acids is 1. The van der Waals surface area contributed by atoms with E-state index in [1.807, 2.05) is 31.2 Å². The van der Waals surface area contributed by atoms with E-state index in [0.717, 1.165) is 22.3 Å². The van der Waals surface area contributed by atoms with Crippen molar-refractivity contribution in [3.05, 3.63) is 75.7 Å². The van der Waals surface area contributed by atoms with Gasteiger partial charge >= 0.3 is 12.1 Å². The van der Waals surface area contributed by atoms with Crippen molar-refractivity contribution < 1.29 is 24.2 Å². The number of nitrogens with one attached hydrogen (secondary N) is 2. The van der Waals surface area contributed by atoms with Crippen LogP contribution in [0.1, 0.15) is 65.3 Å². The molecule has 35 heavy (non-hydrogen) atoms. The Hall–Kier alpha value is -3.72. The predicted octanol–water partition coefficient (Wildman–Crippen LogP) is 4.73. The molecule has 0 fully saturated rings. The Balaban J connectivity index is 1.35. The molecule has 8 nitrogen and oxygen atoms in total. The molecule has 1 unspecified atom stereocenters. The SMILES string of the molecule is CCC[C@@H](NC(=O)c1csc(C(C)NC(=O)OCC2c3ccccc3-c3ccccc32)n1)C(=O)O. The molecule has 3 aromatic rings. The van der Waals surface area contributed by atoms with Crippen LogP contribution in [0.2, 0.25) is 0 Å². The van der Waals surface area contributed by atoms with Crippen LogP contribution in [0.15, 0.2) is 53.9 Å². The van der Waals surface area contributed by atoms with Crippen LogP contribution in [0.25, 0.3) is 11.1 Å². The molecule has 0 spiro atoms. The first kappa shape index (κ1) is 24.4. The number of aromatic nitrogens is 1. The second kappa shape index (κ2) is 10.7. The number of hydrogen-bond acceptors (Lipinski definition) is 6. The number of carbonyl (C=O) groups is 3. The van der Waals surface area contributed by atoms with Gasteiger partial charge in [-0.15, -0.1) is 11.3 Å². The third-order valence-corrected chi connectivity index (χ3v) is 7.01. The van der Waals surface area contributed by atoms with Crippen LogP contribution in [0.5, 0.6) is 0 Å². The molecule has 0 saturated carbocycles. The maximum atomic E-state index is 12.5. The zero-order valence-corrected chi connectivity index (χ0v) is 20.3. The van der Waals surface area contributed by atoms with Gasteiger partial charge in [-0.2, -0.15) is 0 Å². The van der Waals surface area contributed by atoms with Gasteiger partial charge in [-0.3, -0.25) is 4.79 Å². The fourth-order valence-electron chi connectivity index (χ4n) is 4.25. The highest BCUT2D eigenvalue weighted by Gasteiger charge is 2.29. The second-order valence-electron chi connectivity index (χ2n) is 8.42. The fraction of sp³-hybridized carbons (Fsp3) is 0.308. The topological polar surface area (TPSA) is 118 Å². The monoisotopic (exact) mass is 493 g/mol. The minimum Gasteiger partial charge on any atom is -0.480 e. The molecule has 182 valence electrons. The summed E-state index contributed by atoms with van der Waals surface area (Å²) in [4.78, 5) is 40.5. The minimum atomic E-state index is -1.08. The van der Waals surface area contributed by atoms with Crippen molar-refractivity contribution in [2.24, 2.45) is 0 Å². The average molecular weight is 494 g/mol. The molecule has 0 radical (unpaired) electrons. The number of rotatable bonds is 9. The smallest absolute Gasteiger partial charge is 0.407 e. The van der Waals surface area contributed by atoms with Crippen molar-refractivity contribution >= 4 is 29.3 Å². The van der Waals surface area contributed by atoms with Crippen molar-refractivity contribution in [2.45, 2.75) is 44.7 Å². The molecule has 1 aliphatic rings. The Morgan fingerprint density at radius 3 is 2.29 bits per heavy atom. The zero-order chi connectivity index (χ0) is 24.9. The van der Waals surface area contributed by atoms with Gasteiger partial charge in [-0.25, -0.2) is 14.6 Å². The van der Waals surface area contributed by atoms with Gasteiger partial charge in [0.1, 0.15) is 23.4 Å². The molecule has 0 saturated heterocycles. The van der Waals surface area contributed by atoms with Crippen LogP contribution in [-0.4, -0.2) is 40.7 Å². The summed E-state index contributed by atoms with van der Waals surface area (Å²) in [7, 11) is 0. The number of aliphatic carboxylic acids is 1. The Bertz CT molecular complexity index is 1200. The molecule has 1 heterocycles. The first-order chi connectivity index (χ1) is 16.9. The van der Waals surface area contributed by atoms with Crippen LogP contribution >= 0.6 is 11.3 Å². The Morgan fingerprint density at radius 2 is 1.69 bits per heavy atom. The molecule has 2 atom stereocenters. The van der Waals surface area contributed by atoms with E-state index >= 15 is 0 Å². The molecular weight excluding hydrogens is 466 g/mol. The van der Waals surface area contributed by atoms with E-state index in [-0.39, 0.29) is 18.2 Å². The summed E-state index contributed by atoms with van der Waals surface area (Å²) < 4.78 is 5.57. The number of amides is 2. The van der Waals surface area contributed by atoms with Crippen LogP contribution in [-0.2, 0) is 9.53 Å². The Labute approximate surface area is 207 Å². The summed E-state index contributed by atoms with van der Waals surface area (Å²) in [6, 6.07) is 14.8. The lowest BCUT2D eigenvalue weighted by Crippen LogP contribution is -2.40. The van der Waals surface area contributed by atoms with Gasteiger partial charge < -0.3 is 20.5 Å². The Morgan fingerprint density at radius 1 is 1.06 bits per heavy atom. The lowest BCUT2D eigenvalue weighted by atomic mass is 9.98. The predicted molar refractivity (Wildman–Crippen MR) is 133 cm³/mol. The molecule has 0 bridgehead atoms. The summed E-state index contributed by atoms with van der Waals surface area (Å²) >= 11 is 1.21. The van der Waals surface area contributed by atoms with Crippen molar-refractivity contribution in [3.63, 3.8) is 0 Å². The number of hydrogen-bond donors (Lipinski definition) is 3. The molecule has 9 heteroatoms. The minimum absolute atomic E-state index is 0.0380. The van der Waals surface area contributed by atoms with Gasteiger partial charge in [0.2, 0.25) is 0 Å². The summed E-state index contributed by atoms with van der Waals surface area (Å²) in [5, 5.41) is 16.6. The molecule has 2 aromatic carbocycles. The third kappa shape index (κ3) is 5.35. The summed E-state index contributed by atoms with van der Waals surface area (Å²) in [5.41, 5.74) is 4.69. The van der Waals surface area contributed by atoms with Crippen molar-refractivity contribution in [2.75, 3.05) is 6.61 Å². The van der Waals surface area contributed by atoms with E-state index in [9.17, 15) is 19.5 Å². The maximum Gasteiger partial charge on any atom is 0.407 e. The number of fused-ring (bicyclic) bond motifs is 3. The number of carbonyl (C=O) groups excluding carboxylic acids is 2. The van der Waals surface area contributed by atoms with E-state index in [1.165, 1.54) is 11.3 Å². The van der Waals surface area contributed by atoms with Crippen LogP contribution in [0, 0.1) is 0 Å². The van der Waals surface area contributed by atoms with Crippen molar-refractivity contribution in [1.82, 2.24) is 15.6 Å². The number of ether oxygens (including phenoxy) is 1. The lowest BCUT2D eigenvalue weighted by Gasteiger charge is -2.16. The quantitative estimate of drug-likeness (QED) is 0.397. The molecule has 2 amide bonds. The van der Waals surface area contributed by atoms with Crippen LogP contribution < -0.4 is 10.6 Å².